The first-order valence-electron chi connectivity index (χ1n) is 3.85. The van der Waals surface area contributed by atoms with Gasteiger partial charge in [0.25, 0.3) is 5.69 Å². The molecule has 0 atom stereocenters. The van der Waals surface area contributed by atoms with Gasteiger partial charge in [-0.25, -0.2) is 0 Å². The minimum Gasteiger partial charge on any atom is -0.327 e. The van der Waals surface area contributed by atoms with Crippen LogP contribution in [0.25, 0.3) is 6.08 Å². The highest BCUT2D eigenvalue weighted by Crippen LogP contribution is 2.13. The van der Waals surface area contributed by atoms with Crippen LogP contribution in [0.2, 0.25) is 0 Å². The number of nitrogens with two attached hydrogens (primary N) is 1. The van der Waals surface area contributed by atoms with Crippen LogP contribution in [0, 0.1) is 10.1 Å². The van der Waals surface area contributed by atoms with E-state index in [0.29, 0.717) is 6.54 Å². The van der Waals surface area contributed by atoms with Crippen molar-refractivity contribution in [2.45, 2.75) is 0 Å². The maximum absolute atomic E-state index is 10.4. The summed E-state index contributed by atoms with van der Waals surface area (Å²) in [5, 5.41) is 10.4. The van der Waals surface area contributed by atoms with Gasteiger partial charge >= 0.3 is 0 Å². The summed E-state index contributed by atoms with van der Waals surface area (Å²) in [6, 6.07) is 6.40. The quantitative estimate of drug-likeness (QED) is 0.564. The van der Waals surface area contributed by atoms with Gasteiger partial charge < -0.3 is 5.73 Å². The molecule has 0 amide bonds. The van der Waals surface area contributed by atoms with Crippen molar-refractivity contribution >= 4 is 11.8 Å². The summed E-state index contributed by atoms with van der Waals surface area (Å²) in [7, 11) is 0. The topological polar surface area (TPSA) is 69.2 Å². The number of non-ortho nitro benzene ring substituents is 1. The fraction of sp³-hybridized carbons (Fsp3) is 0.111. The highest BCUT2D eigenvalue weighted by atomic mass is 16.6. The zero-order valence-electron chi connectivity index (χ0n) is 7.01. The third-order valence-electron chi connectivity index (χ3n) is 1.53. The second-order valence-corrected chi connectivity index (χ2v) is 2.49. The third kappa shape index (κ3) is 2.68. The molecule has 0 radical (unpaired) electrons. The van der Waals surface area contributed by atoms with E-state index in [9.17, 15) is 10.1 Å². The van der Waals surface area contributed by atoms with E-state index in [1.165, 1.54) is 12.1 Å². The zero-order chi connectivity index (χ0) is 9.68. The molecule has 0 heterocycles. The smallest absolute Gasteiger partial charge is 0.270 e. The third-order valence-corrected chi connectivity index (χ3v) is 1.53. The Balaban J connectivity index is 2.92. The van der Waals surface area contributed by atoms with Crippen molar-refractivity contribution in [1.29, 1.82) is 0 Å². The van der Waals surface area contributed by atoms with Crippen LogP contribution in [-0.4, -0.2) is 11.5 Å². The molecule has 0 fully saturated rings. The highest BCUT2D eigenvalue weighted by Gasteiger charge is 2.02. The van der Waals surface area contributed by atoms with Crippen molar-refractivity contribution in [2.75, 3.05) is 6.54 Å². The molecular weight excluding hydrogens is 168 g/mol. The van der Waals surface area contributed by atoms with Gasteiger partial charge in [-0.3, -0.25) is 10.1 Å². The first kappa shape index (κ1) is 9.41. The summed E-state index contributed by atoms with van der Waals surface area (Å²) in [5.41, 5.74) is 6.14. The lowest BCUT2D eigenvalue weighted by molar-refractivity contribution is -0.384. The molecule has 13 heavy (non-hydrogen) atoms. The van der Waals surface area contributed by atoms with E-state index in [1.54, 1.807) is 24.3 Å². The Bertz CT molecular complexity index is 334. The Morgan fingerprint density at radius 3 is 2.92 bits per heavy atom. The van der Waals surface area contributed by atoms with Gasteiger partial charge in [-0.05, 0) is 5.56 Å². The number of rotatable bonds is 3. The van der Waals surface area contributed by atoms with E-state index in [2.05, 4.69) is 0 Å². The highest BCUT2D eigenvalue weighted by molar-refractivity contribution is 5.53. The van der Waals surface area contributed by atoms with E-state index < -0.39 is 4.92 Å². The van der Waals surface area contributed by atoms with E-state index in [1.807, 2.05) is 0 Å². The van der Waals surface area contributed by atoms with E-state index in [-0.39, 0.29) is 5.69 Å². The predicted octanol–water partition coefficient (Wildman–Crippen LogP) is 1.57. The van der Waals surface area contributed by atoms with E-state index >= 15 is 0 Å². The Morgan fingerprint density at radius 2 is 2.31 bits per heavy atom. The second kappa shape index (κ2) is 4.37. The molecule has 68 valence electrons. The molecule has 0 bridgehead atoms. The molecule has 0 aliphatic heterocycles. The Morgan fingerprint density at radius 1 is 1.54 bits per heavy atom. The van der Waals surface area contributed by atoms with Gasteiger partial charge in [-0.1, -0.05) is 24.3 Å². The summed E-state index contributed by atoms with van der Waals surface area (Å²) in [5.74, 6) is 0. The first-order valence-corrected chi connectivity index (χ1v) is 3.85. The lowest BCUT2D eigenvalue weighted by atomic mass is 10.2. The summed E-state index contributed by atoms with van der Waals surface area (Å²) in [6.07, 6.45) is 3.51. The number of hydrogen-bond acceptors (Lipinski definition) is 3. The minimum absolute atomic E-state index is 0.0965. The zero-order valence-corrected chi connectivity index (χ0v) is 7.01. The number of hydrogen-bond donors (Lipinski definition) is 1. The molecule has 4 nitrogen and oxygen atoms in total. The van der Waals surface area contributed by atoms with Gasteiger partial charge in [0.2, 0.25) is 0 Å². The van der Waals surface area contributed by atoms with Gasteiger partial charge in [0, 0.05) is 18.7 Å². The van der Waals surface area contributed by atoms with Gasteiger partial charge in [-0.15, -0.1) is 0 Å². The van der Waals surface area contributed by atoms with Crippen LogP contribution in [0.4, 0.5) is 5.69 Å². The average Bonchev–Trinajstić information content (AvgIpc) is 2.15. The number of benzene rings is 1. The number of nitro groups is 1. The molecule has 0 aromatic heterocycles. The maximum Gasteiger partial charge on any atom is 0.270 e. The molecule has 0 spiro atoms. The van der Waals surface area contributed by atoms with Crippen LogP contribution in [0.1, 0.15) is 5.56 Å². The summed E-state index contributed by atoms with van der Waals surface area (Å²) >= 11 is 0. The van der Waals surface area contributed by atoms with Gasteiger partial charge in [0.15, 0.2) is 0 Å². The van der Waals surface area contributed by atoms with Crippen LogP contribution >= 0.6 is 0 Å². The molecule has 0 saturated heterocycles. The van der Waals surface area contributed by atoms with E-state index in [4.69, 9.17) is 5.73 Å². The fourth-order valence-corrected chi connectivity index (χ4v) is 0.946. The van der Waals surface area contributed by atoms with Crippen LogP contribution < -0.4 is 5.73 Å². The molecule has 1 rings (SSSR count). The van der Waals surface area contributed by atoms with Crippen LogP contribution in [0.15, 0.2) is 30.3 Å². The summed E-state index contributed by atoms with van der Waals surface area (Å²) in [6.45, 7) is 0.433. The van der Waals surface area contributed by atoms with Crippen molar-refractivity contribution in [3.63, 3.8) is 0 Å². The van der Waals surface area contributed by atoms with Crippen LogP contribution in [0.5, 0.6) is 0 Å². The van der Waals surface area contributed by atoms with Crippen LogP contribution in [-0.2, 0) is 0 Å². The average molecular weight is 178 g/mol. The standard InChI is InChI=1S/C9H10N2O2/c10-6-2-4-8-3-1-5-9(7-8)11(12)13/h1-5,7H,6,10H2/b4-2+. The molecule has 0 saturated carbocycles. The molecule has 1 aromatic carbocycles. The Hall–Kier alpha value is -1.68. The Kier molecular flexibility index (Phi) is 3.16. The van der Waals surface area contributed by atoms with Gasteiger partial charge in [0.05, 0.1) is 4.92 Å². The SMILES string of the molecule is NC/C=C/c1cccc([N+](=O)[O-])c1. The van der Waals surface area contributed by atoms with Gasteiger partial charge in [0.1, 0.15) is 0 Å². The normalized spacial score (nSPS) is 10.5. The molecule has 4 heteroatoms. The lowest BCUT2D eigenvalue weighted by Gasteiger charge is -1.93. The van der Waals surface area contributed by atoms with Crippen molar-refractivity contribution < 1.29 is 4.92 Å². The molecule has 0 aliphatic carbocycles. The maximum atomic E-state index is 10.4. The van der Waals surface area contributed by atoms with E-state index in [0.717, 1.165) is 5.56 Å². The summed E-state index contributed by atoms with van der Waals surface area (Å²) < 4.78 is 0. The second-order valence-electron chi connectivity index (χ2n) is 2.49. The largest absolute Gasteiger partial charge is 0.327 e. The number of nitro benzene ring substituents is 1. The first-order chi connectivity index (χ1) is 6.24. The molecule has 0 aliphatic rings. The van der Waals surface area contributed by atoms with Crippen molar-refractivity contribution in [1.82, 2.24) is 0 Å². The van der Waals surface area contributed by atoms with Crippen molar-refractivity contribution in [3.8, 4) is 0 Å². The van der Waals surface area contributed by atoms with Crippen LogP contribution in [0.3, 0.4) is 0 Å². The number of nitrogens with zero attached hydrogens (tertiary/aromatic N) is 1. The predicted molar refractivity (Wildman–Crippen MR) is 51.2 cm³/mol. The molecule has 2 N–H and O–H groups in total. The molecule has 0 unspecified atom stereocenters. The Labute approximate surface area is 75.8 Å². The lowest BCUT2D eigenvalue weighted by Crippen LogP contribution is -1.92. The molecule has 1 aromatic rings. The summed E-state index contributed by atoms with van der Waals surface area (Å²) in [4.78, 5) is 9.97. The van der Waals surface area contributed by atoms with Crippen molar-refractivity contribution in [3.05, 3.63) is 46.0 Å². The minimum atomic E-state index is -0.417. The molecular formula is C9H10N2O2. The van der Waals surface area contributed by atoms with Gasteiger partial charge in [-0.2, -0.15) is 0 Å². The fourth-order valence-electron chi connectivity index (χ4n) is 0.946. The van der Waals surface area contributed by atoms with Crippen molar-refractivity contribution in [2.24, 2.45) is 5.73 Å². The monoisotopic (exact) mass is 178 g/mol.